The van der Waals surface area contributed by atoms with E-state index in [-0.39, 0.29) is 6.04 Å². The Bertz CT molecular complexity index is 344. The fourth-order valence-electron chi connectivity index (χ4n) is 1.50. The van der Waals surface area contributed by atoms with Gasteiger partial charge in [0.15, 0.2) is 0 Å². The Hall–Kier alpha value is -0.930. The lowest BCUT2D eigenvalue weighted by atomic mass is 10.2. The molecule has 0 radical (unpaired) electrons. The third-order valence-electron chi connectivity index (χ3n) is 2.22. The highest BCUT2D eigenvalue weighted by atomic mass is 35.5. The van der Waals surface area contributed by atoms with Crippen LogP contribution in [0.3, 0.4) is 0 Å². The van der Waals surface area contributed by atoms with E-state index in [1.54, 1.807) is 7.11 Å². The van der Waals surface area contributed by atoms with Crippen molar-refractivity contribution in [2.24, 2.45) is 0 Å². The molecule has 0 saturated heterocycles. The van der Waals surface area contributed by atoms with Crippen LogP contribution < -0.4 is 10.1 Å². The Morgan fingerprint density at radius 1 is 1.41 bits per heavy atom. The van der Waals surface area contributed by atoms with Crippen molar-refractivity contribution in [2.45, 2.75) is 26.3 Å². The molecule has 0 aliphatic rings. The SMILES string of the molecule is CCCOc1ccc(NC(C)COC)cc1Cl. The van der Waals surface area contributed by atoms with E-state index in [9.17, 15) is 0 Å². The van der Waals surface area contributed by atoms with Gasteiger partial charge in [0, 0.05) is 18.8 Å². The van der Waals surface area contributed by atoms with Gasteiger partial charge >= 0.3 is 0 Å². The summed E-state index contributed by atoms with van der Waals surface area (Å²) < 4.78 is 10.6. The van der Waals surface area contributed by atoms with Crippen molar-refractivity contribution in [2.75, 3.05) is 25.6 Å². The van der Waals surface area contributed by atoms with Gasteiger partial charge in [0.2, 0.25) is 0 Å². The maximum absolute atomic E-state index is 6.13. The van der Waals surface area contributed by atoms with Gasteiger partial charge < -0.3 is 14.8 Å². The van der Waals surface area contributed by atoms with Crippen LogP contribution >= 0.6 is 11.6 Å². The minimum Gasteiger partial charge on any atom is -0.492 e. The van der Waals surface area contributed by atoms with Crippen molar-refractivity contribution in [1.82, 2.24) is 0 Å². The normalized spacial score (nSPS) is 12.2. The second-order valence-corrected chi connectivity index (χ2v) is 4.40. The van der Waals surface area contributed by atoms with Crippen molar-refractivity contribution in [1.29, 1.82) is 0 Å². The fourth-order valence-corrected chi connectivity index (χ4v) is 1.73. The topological polar surface area (TPSA) is 30.5 Å². The van der Waals surface area contributed by atoms with E-state index in [0.717, 1.165) is 17.9 Å². The molecule has 0 aliphatic carbocycles. The molecule has 0 spiro atoms. The predicted molar refractivity (Wildman–Crippen MR) is 72.2 cm³/mol. The highest BCUT2D eigenvalue weighted by molar-refractivity contribution is 6.32. The molecular formula is C13H20ClNO2. The third-order valence-corrected chi connectivity index (χ3v) is 2.52. The Kier molecular flexibility index (Phi) is 6.16. The second kappa shape index (κ2) is 7.41. The fraction of sp³-hybridized carbons (Fsp3) is 0.538. The molecule has 0 aliphatic heterocycles. The molecule has 96 valence electrons. The number of halogens is 1. The molecule has 0 amide bonds. The summed E-state index contributed by atoms with van der Waals surface area (Å²) in [7, 11) is 1.69. The molecule has 1 aromatic rings. The van der Waals surface area contributed by atoms with E-state index in [0.29, 0.717) is 18.2 Å². The van der Waals surface area contributed by atoms with E-state index in [4.69, 9.17) is 21.1 Å². The summed E-state index contributed by atoms with van der Waals surface area (Å²) in [6.45, 7) is 5.47. The molecule has 4 heteroatoms. The minimum atomic E-state index is 0.249. The van der Waals surface area contributed by atoms with Gasteiger partial charge in [-0.25, -0.2) is 0 Å². The van der Waals surface area contributed by atoms with Crippen molar-refractivity contribution in [3.05, 3.63) is 23.2 Å². The van der Waals surface area contributed by atoms with Gasteiger partial charge in [-0.1, -0.05) is 18.5 Å². The number of rotatable bonds is 7. The molecule has 17 heavy (non-hydrogen) atoms. The van der Waals surface area contributed by atoms with Gasteiger partial charge in [0.25, 0.3) is 0 Å². The third kappa shape index (κ3) is 4.84. The summed E-state index contributed by atoms with van der Waals surface area (Å²) in [5.74, 6) is 0.735. The van der Waals surface area contributed by atoms with Crippen LogP contribution in [0.2, 0.25) is 5.02 Å². The largest absolute Gasteiger partial charge is 0.492 e. The standard InChI is InChI=1S/C13H20ClNO2/c1-4-7-17-13-6-5-11(8-12(13)14)15-10(2)9-16-3/h5-6,8,10,15H,4,7,9H2,1-3H3. The van der Waals surface area contributed by atoms with Crippen LogP contribution in [-0.2, 0) is 4.74 Å². The lowest BCUT2D eigenvalue weighted by molar-refractivity contribution is 0.190. The maximum Gasteiger partial charge on any atom is 0.138 e. The highest BCUT2D eigenvalue weighted by Crippen LogP contribution is 2.28. The summed E-state index contributed by atoms with van der Waals surface area (Å²) in [5.41, 5.74) is 0.975. The summed E-state index contributed by atoms with van der Waals surface area (Å²) in [6.07, 6.45) is 0.973. The van der Waals surface area contributed by atoms with Gasteiger partial charge in [-0.05, 0) is 31.5 Å². The molecule has 1 N–H and O–H groups in total. The van der Waals surface area contributed by atoms with Crippen molar-refractivity contribution >= 4 is 17.3 Å². The smallest absolute Gasteiger partial charge is 0.138 e. The summed E-state index contributed by atoms with van der Waals surface area (Å²) in [5, 5.41) is 3.93. The number of benzene rings is 1. The second-order valence-electron chi connectivity index (χ2n) is 3.99. The first-order valence-corrected chi connectivity index (χ1v) is 6.23. The van der Waals surface area contributed by atoms with Crippen LogP contribution in [0.4, 0.5) is 5.69 Å². The molecule has 0 saturated carbocycles. The first-order chi connectivity index (χ1) is 8.17. The van der Waals surface area contributed by atoms with Gasteiger partial charge in [0.1, 0.15) is 5.75 Å². The number of ether oxygens (including phenoxy) is 2. The van der Waals surface area contributed by atoms with E-state index in [1.165, 1.54) is 0 Å². The lowest BCUT2D eigenvalue weighted by Gasteiger charge is -2.15. The predicted octanol–water partition coefficient (Wildman–Crippen LogP) is 3.58. The van der Waals surface area contributed by atoms with Gasteiger partial charge in [-0.15, -0.1) is 0 Å². The lowest BCUT2D eigenvalue weighted by Crippen LogP contribution is -2.20. The van der Waals surface area contributed by atoms with E-state index in [1.807, 2.05) is 18.2 Å². The van der Waals surface area contributed by atoms with Crippen molar-refractivity contribution in [3.63, 3.8) is 0 Å². The Labute approximate surface area is 108 Å². The molecular weight excluding hydrogens is 238 g/mol. The summed E-state index contributed by atoms with van der Waals surface area (Å²) in [4.78, 5) is 0. The zero-order chi connectivity index (χ0) is 12.7. The molecule has 3 nitrogen and oxygen atoms in total. The summed E-state index contributed by atoms with van der Waals surface area (Å²) >= 11 is 6.13. The van der Waals surface area contributed by atoms with Crippen LogP contribution in [0.1, 0.15) is 20.3 Å². The zero-order valence-corrected chi connectivity index (χ0v) is 11.4. The number of hydrogen-bond acceptors (Lipinski definition) is 3. The molecule has 0 aromatic heterocycles. The Morgan fingerprint density at radius 2 is 2.18 bits per heavy atom. The zero-order valence-electron chi connectivity index (χ0n) is 10.6. The monoisotopic (exact) mass is 257 g/mol. The van der Waals surface area contributed by atoms with Crippen LogP contribution in [0.15, 0.2) is 18.2 Å². The molecule has 1 atom stereocenters. The van der Waals surface area contributed by atoms with Crippen LogP contribution in [0.25, 0.3) is 0 Å². The Balaban J connectivity index is 2.61. The molecule has 0 bridgehead atoms. The average molecular weight is 258 g/mol. The summed E-state index contributed by atoms with van der Waals surface area (Å²) in [6, 6.07) is 5.97. The van der Waals surface area contributed by atoms with E-state index < -0.39 is 0 Å². The molecule has 1 unspecified atom stereocenters. The quantitative estimate of drug-likeness (QED) is 0.810. The van der Waals surface area contributed by atoms with Crippen LogP contribution in [0.5, 0.6) is 5.75 Å². The number of anilines is 1. The molecule has 0 heterocycles. The highest BCUT2D eigenvalue weighted by Gasteiger charge is 2.05. The van der Waals surface area contributed by atoms with E-state index >= 15 is 0 Å². The van der Waals surface area contributed by atoms with Crippen LogP contribution in [0, 0.1) is 0 Å². The molecule has 1 aromatic carbocycles. The first kappa shape index (κ1) is 14.1. The number of nitrogens with one attached hydrogen (secondary N) is 1. The molecule has 0 fully saturated rings. The Morgan fingerprint density at radius 3 is 2.76 bits per heavy atom. The first-order valence-electron chi connectivity index (χ1n) is 5.85. The van der Waals surface area contributed by atoms with Crippen molar-refractivity contribution < 1.29 is 9.47 Å². The van der Waals surface area contributed by atoms with Gasteiger partial charge in [-0.3, -0.25) is 0 Å². The van der Waals surface area contributed by atoms with Crippen LogP contribution in [-0.4, -0.2) is 26.4 Å². The number of hydrogen-bond donors (Lipinski definition) is 1. The minimum absolute atomic E-state index is 0.249. The number of methoxy groups -OCH3 is 1. The van der Waals surface area contributed by atoms with Gasteiger partial charge in [0.05, 0.1) is 18.2 Å². The molecule has 1 rings (SSSR count). The average Bonchev–Trinajstić information content (AvgIpc) is 2.28. The van der Waals surface area contributed by atoms with Gasteiger partial charge in [-0.2, -0.15) is 0 Å². The van der Waals surface area contributed by atoms with Crippen molar-refractivity contribution in [3.8, 4) is 5.75 Å². The van der Waals surface area contributed by atoms with E-state index in [2.05, 4.69) is 19.2 Å². The maximum atomic E-state index is 6.13.